The smallest absolute Gasteiger partial charge is 0.224 e. The molecule has 0 unspecified atom stereocenters. The molecule has 1 aliphatic rings. The van der Waals surface area contributed by atoms with Crippen molar-refractivity contribution in [2.75, 3.05) is 24.3 Å². The van der Waals surface area contributed by atoms with Crippen LogP contribution in [0.1, 0.15) is 37.7 Å². The van der Waals surface area contributed by atoms with Gasteiger partial charge in [0.2, 0.25) is 5.95 Å². The summed E-state index contributed by atoms with van der Waals surface area (Å²) in [6.07, 6.45) is 9.08. The van der Waals surface area contributed by atoms with Crippen LogP contribution >= 0.6 is 0 Å². The van der Waals surface area contributed by atoms with Gasteiger partial charge < -0.3 is 15.4 Å². The molecule has 1 saturated carbocycles. The van der Waals surface area contributed by atoms with Crippen molar-refractivity contribution in [2.45, 2.75) is 44.6 Å². The first-order valence-corrected chi connectivity index (χ1v) is 8.80. The van der Waals surface area contributed by atoms with Crippen molar-refractivity contribution in [2.24, 2.45) is 0 Å². The molecule has 0 radical (unpaired) electrons. The van der Waals surface area contributed by atoms with Crippen molar-refractivity contribution in [3.05, 3.63) is 42.1 Å². The number of nitrogens with one attached hydrogen (secondary N) is 2. The third-order valence-electron chi connectivity index (χ3n) is 4.49. The number of hydrogen-bond acceptors (Lipinski definition) is 5. The Morgan fingerprint density at radius 3 is 2.79 bits per heavy atom. The quantitative estimate of drug-likeness (QED) is 0.808. The molecule has 1 aromatic carbocycles. The van der Waals surface area contributed by atoms with E-state index in [4.69, 9.17) is 4.74 Å². The zero-order chi connectivity index (χ0) is 16.6. The van der Waals surface area contributed by atoms with Crippen molar-refractivity contribution in [1.29, 1.82) is 0 Å². The number of para-hydroxylation sites is 1. The highest BCUT2D eigenvalue weighted by Gasteiger charge is 2.14. The van der Waals surface area contributed by atoms with Gasteiger partial charge in [-0.2, -0.15) is 4.98 Å². The van der Waals surface area contributed by atoms with Crippen molar-refractivity contribution in [1.82, 2.24) is 9.97 Å². The minimum absolute atomic E-state index is 0.516. The molecule has 1 aromatic heterocycles. The normalized spacial score (nSPS) is 15.0. The Kier molecular flexibility index (Phi) is 5.88. The van der Waals surface area contributed by atoms with Gasteiger partial charge >= 0.3 is 0 Å². The zero-order valence-electron chi connectivity index (χ0n) is 14.3. The van der Waals surface area contributed by atoms with Crippen molar-refractivity contribution < 1.29 is 4.74 Å². The van der Waals surface area contributed by atoms with E-state index in [1.807, 2.05) is 30.5 Å². The Labute approximate surface area is 143 Å². The van der Waals surface area contributed by atoms with E-state index in [9.17, 15) is 0 Å². The van der Waals surface area contributed by atoms with Crippen LogP contribution in [-0.2, 0) is 6.42 Å². The number of anilines is 2. The lowest BCUT2D eigenvalue weighted by Gasteiger charge is -2.22. The number of ether oxygens (including phenoxy) is 1. The fourth-order valence-corrected chi connectivity index (χ4v) is 3.19. The fourth-order valence-electron chi connectivity index (χ4n) is 3.19. The Balaban J connectivity index is 1.52. The fraction of sp³-hybridized carbons (Fsp3) is 0.474. The lowest BCUT2D eigenvalue weighted by Crippen LogP contribution is -2.23. The maximum atomic E-state index is 5.39. The van der Waals surface area contributed by atoms with Gasteiger partial charge in [0.15, 0.2) is 0 Å². The van der Waals surface area contributed by atoms with Gasteiger partial charge in [0.05, 0.1) is 7.11 Å². The molecule has 0 spiro atoms. The predicted molar refractivity (Wildman–Crippen MR) is 97.7 cm³/mol. The second kappa shape index (κ2) is 8.52. The molecule has 0 saturated heterocycles. The third kappa shape index (κ3) is 4.60. The van der Waals surface area contributed by atoms with Crippen LogP contribution in [0.2, 0.25) is 0 Å². The molecule has 1 heterocycles. The molecule has 0 aliphatic heterocycles. The molecule has 2 aromatic rings. The maximum Gasteiger partial charge on any atom is 0.224 e. The van der Waals surface area contributed by atoms with Gasteiger partial charge in [-0.3, -0.25) is 0 Å². The highest BCUT2D eigenvalue weighted by atomic mass is 16.5. The van der Waals surface area contributed by atoms with E-state index in [1.54, 1.807) is 7.11 Å². The summed E-state index contributed by atoms with van der Waals surface area (Å²) < 4.78 is 5.39. The minimum Gasteiger partial charge on any atom is -0.496 e. The molecule has 2 N–H and O–H groups in total. The first-order chi connectivity index (χ1) is 11.8. The van der Waals surface area contributed by atoms with Crippen molar-refractivity contribution in [3.8, 4) is 5.75 Å². The first kappa shape index (κ1) is 16.6. The average Bonchev–Trinajstić information content (AvgIpc) is 2.63. The third-order valence-corrected chi connectivity index (χ3v) is 4.49. The summed E-state index contributed by atoms with van der Waals surface area (Å²) in [6.45, 7) is 0.806. The molecule has 5 nitrogen and oxygen atoms in total. The number of rotatable bonds is 7. The Bertz CT molecular complexity index is 641. The van der Waals surface area contributed by atoms with E-state index in [0.717, 1.165) is 30.5 Å². The van der Waals surface area contributed by atoms with Gasteiger partial charge in [-0.05, 0) is 37.0 Å². The SMILES string of the molecule is COc1ccccc1CCNc1ccnc(NC2CCCCC2)n1. The highest BCUT2D eigenvalue weighted by molar-refractivity contribution is 5.41. The molecule has 0 atom stereocenters. The molecule has 5 heteroatoms. The van der Waals surface area contributed by atoms with Gasteiger partial charge in [0.1, 0.15) is 11.6 Å². The van der Waals surface area contributed by atoms with Gasteiger partial charge in [0.25, 0.3) is 0 Å². The number of methoxy groups -OCH3 is 1. The second-order valence-electron chi connectivity index (χ2n) is 6.23. The molecule has 3 rings (SSSR count). The van der Waals surface area contributed by atoms with Crippen LogP contribution < -0.4 is 15.4 Å². The van der Waals surface area contributed by atoms with Crippen LogP contribution in [0.3, 0.4) is 0 Å². The van der Waals surface area contributed by atoms with E-state index in [2.05, 4.69) is 26.7 Å². The van der Waals surface area contributed by atoms with Crippen molar-refractivity contribution in [3.63, 3.8) is 0 Å². The summed E-state index contributed by atoms with van der Waals surface area (Å²) in [4.78, 5) is 8.92. The van der Waals surface area contributed by atoms with Crippen LogP contribution in [0, 0.1) is 0 Å². The highest BCUT2D eigenvalue weighted by Crippen LogP contribution is 2.21. The summed E-state index contributed by atoms with van der Waals surface area (Å²) >= 11 is 0. The molecule has 1 fully saturated rings. The average molecular weight is 326 g/mol. The van der Waals surface area contributed by atoms with Crippen LogP contribution in [0.25, 0.3) is 0 Å². The first-order valence-electron chi connectivity index (χ1n) is 8.80. The van der Waals surface area contributed by atoms with Crippen molar-refractivity contribution >= 4 is 11.8 Å². The van der Waals surface area contributed by atoms with Crippen LogP contribution in [-0.4, -0.2) is 29.7 Å². The molecular formula is C19H26N4O. The van der Waals surface area contributed by atoms with Crippen LogP contribution in [0.4, 0.5) is 11.8 Å². The number of benzene rings is 1. The van der Waals surface area contributed by atoms with Gasteiger partial charge in [0, 0.05) is 18.8 Å². The predicted octanol–water partition coefficient (Wildman–Crippen LogP) is 3.88. The lowest BCUT2D eigenvalue weighted by molar-refractivity contribution is 0.410. The minimum atomic E-state index is 0.516. The Hall–Kier alpha value is -2.30. The summed E-state index contributed by atoms with van der Waals surface area (Å²) in [5.41, 5.74) is 1.20. The van der Waals surface area contributed by atoms with E-state index < -0.39 is 0 Å². The summed E-state index contributed by atoms with van der Waals surface area (Å²) in [5, 5.41) is 6.84. The summed E-state index contributed by atoms with van der Waals surface area (Å²) in [6, 6.07) is 10.5. The van der Waals surface area contributed by atoms with Crippen LogP contribution in [0.15, 0.2) is 36.5 Å². The van der Waals surface area contributed by atoms with E-state index in [0.29, 0.717) is 6.04 Å². The van der Waals surface area contributed by atoms with Gasteiger partial charge in [-0.15, -0.1) is 0 Å². The molecule has 24 heavy (non-hydrogen) atoms. The molecular weight excluding hydrogens is 300 g/mol. The molecule has 128 valence electrons. The van der Waals surface area contributed by atoms with E-state index in [1.165, 1.54) is 37.7 Å². The Morgan fingerprint density at radius 2 is 1.96 bits per heavy atom. The van der Waals surface area contributed by atoms with Gasteiger partial charge in [-0.25, -0.2) is 4.98 Å². The maximum absolute atomic E-state index is 5.39. The largest absolute Gasteiger partial charge is 0.496 e. The van der Waals surface area contributed by atoms with Gasteiger partial charge in [-0.1, -0.05) is 37.5 Å². The number of hydrogen-bond donors (Lipinski definition) is 2. The zero-order valence-corrected chi connectivity index (χ0v) is 14.3. The van der Waals surface area contributed by atoms with E-state index >= 15 is 0 Å². The topological polar surface area (TPSA) is 59.1 Å². The summed E-state index contributed by atoms with van der Waals surface area (Å²) in [7, 11) is 1.71. The van der Waals surface area contributed by atoms with E-state index in [-0.39, 0.29) is 0 Å². The molecule has 1 aliphatic carbocycles. The number of aromatic nitrogens is 2. The van der Waals surface area contributed by atoms with Crippen LogP contribution in [0.5, 0.6) is 5.75 Å². The Morgan fingerprint density at radius 1 is 1.12 bits per heavy atom. The lowest BCUT2D eigenvalue weighted by atomic mass is 9.96. The number of nitrogens with zero attached hydrogens (tertiary/aromatic N) is 2. The second-order valence-corrected chi connectivity index (χ2v) is 6.23. The monoisotopic (exact) mass is 326 g/mol. The summed E-state index contributed by atoms with van der Waals surface area (Å²) in [5.74, 6) is 2.52. The standard InChI is InChI=1S/C19H26N4O/c1-24-17-10-6-5-7-15(17)11-13-20-18-12-14-21-19(23-18)22-16-8-3-2-4-9-16/h5-7,10,12,14,16H,2-4,8-9,11,13H2,1H3,(H2,20,21,22,23). The molecule has 0 bridgehead atoms. The molecule has 0 amide bonds.